The quantitative estimate of drug-likeness (QED) is 0.742. The summed E-state index contributed by atoms with van der Waals surface area (Å²) in [5.41, 5.74) is 2.34. The second kappa shape index (κ2) is 7.62. The highest BCUT2D eigenvalue weighted by atomic mass is 16.5. The van der Waals surface area contributed by atoms with E-state index in [1.807, 2.05) is 36.4 Å². The number of amides is 1. The van der Waals surface area contributed by atoms with Crippen molar-refractivity contribution < 1.29 is 14.3 Å². The van der Waals surface area contributed by atoms with E-state index < -0.39 is 0 Å². The van der Waals surface area contributed by atoms with Crippen LogP contribution in [0.3, 0.4) is 0 Å². The lowest BCUT2D eigenvalue weighted by Crippen LogP contribution is -2.26. The van der Waals surface area contributed by atoms with E-state index in [2.05, 4.69) is 11.4 Å². The van der Waals surface area contributed by atoms with Gasteiger partial charge >= 0.3 is 0 Å². The number of benzene rings is 2. The third kappa shape index (κ3) is 3.47. The summed E-state index contributed by atoms with van der Waals surface area (Å²) >= 11 is 0. The first-order valence-corrected chi connectivity index (χ1v) is 8.12. The van der Waals surface area contributed by atoms with E-state index in [0.29, 0.717) is 23.6 Å². The van der Waals surface area contributed by atoms with Crippen molar-refractivity contribution in [1.29, 1.82) is 5.26 Å². The van der Waals surface area contributed by atoms with E-state index in [-0.39, 0.29) is 12.5 Å². The van der Waals surface area contributed by atoms with Gasteiger partial charge in [-0.05, 0) is 23.8 Å². The van der Waals surface area contributed by atoms with Crippen molar-refractivity contribution in [3.05, 3.63) is 59.8 Å². The van der Waals surface area contributed by atoms with Crippen molar-refractivity contribution >= 4 is 16.8 Å². The van der Waals surface area contributed by atoms with Crippen LogP contribution in [0.4, 0.5) is 0 Å². The molecular formula is C20H19N3O3. The summed E-state index contributed by atoms with van der Waals surface area (Å²) in [6, 6.07) is 15.2. The van der Waals surface area contributed by atoms with Crippen LogP contribution in [0.2, 0.25) is 0 Å². The van der Waals surface area contributed by atoms with E-state index in [1.54, 1.807) is 31.0 Å². The van der Waals surface area contributed by atoms with E-state index in [9.17, 15) is 10.1 Å². The molecule has 1 aromatic heterocycles. The number of fused-ring (bicyclic) bond motifs is 1. The number of hydrogen-bond donors (Lipinski definition) is 1. The SMILES string of the molecule is COc1ccc(CNC(=O)Cn2cc(C#N)c3ccccc32)cc1OC. The average Bonchev–Trinajstić information content (AvgIpc) is 3.03. The van der Waals surface area contributed by atoms with Crippen LogP contribution in [0.25, 0.3) is 10.9 Å². The van der Waals surface area contributed by atoms with Crippen LogP contribution in [0, 0.1) is 11.3 Å². The highest BCUT2D eigenvalue weighted by Crippen LogP contribution is 2.27. The number of nitriles is 1. The van der Waals surface area contributed by atoms with Gasteiger partial charge in [-0.2, -0.15) is 5.26 Å². The standard InChI is InChI=1S/C20H19N3O3/c1-25-18-8-7-14(9-19(18)26-2)11-22-20(24)13-23-12-15(10-21)16-5-3-4-6-17(16)23/h3-9,12H,11,13H2,1-2H3,(H,22,24). The first-order valence-electron chi connectivity index (χ1n) is 8.12. The molecule has 2 aromatic carbocycles. The van der Waals surface area contributed by atoms with Crippen molar-refractivity contribution in [2.24, 2.45) is 0 Å². The Labute approximate surface area is 151 Å². The maximum atomic E-state index is 12.3. The molecule has 0 bridgehead atoms. The lowest BCUT2D eigenvalue weighted by Gasteiger charge is -2.11. The number of methoxy groups -OCH3 is 2. The molecule has 26 heavy (non-hydrogen) atoms. The normalized spacial score (nSPS) is 10.3. The summed E-state index contributed by atoms with van der Waals surface area (Å²) in [7, 11) is 3.15. The Morgan fingerprint density at radius 2 is 1.92 bits per heavy atom. The van der Waals surface area contributed by atoms with Gasteiger partial charge in [-0.15, -0.1) is 0 Å². The molecular weight excluding hydrogens is 330 g/mol. The van der Waals surface area contributed by atoms with Crippen LogP contribution < -0.4 is 14.8 Å². The van der Waals surface area contributed by atoms with Crippen molar-refractivity contribution in [3.8, 4) is 17.6 Å². The minimum Gasteiger partial charge on any atom is -0.493 e. The van der Waals surface area contributed by atoms with Crippen LogP contribution in [-0.4, -0.2) is 24.7 Å². The van der Waals surface area contributed by atoms with E-state index >= 15 is 0 Å². The first-order chi connectivity index (χ1) is 12.7. The molecule has 3 aromatic rings. The second-order valence-corrected chi connectivity index (χ2v) is 5.77. The van der Waals surface area contributed by atoms with Gasteiger partial charge in [0, 0.05) is 23.6 Å². The molecule has 0 saturated carbocycles. The molecule has 6 heteroatoms. The number of carbonyl (C=O) groups is 1. The molecule has 1 N–H and O–H groups in total. The summed E-state index contributed by atoms with van der Waals surface area (Å²) in [6.07, 6.45) is 1.71. The van der Waals surface area contributed by atoms with Gasteiger partial charge in [0.15, 0.2) is 11.5 Å². The molecule has 1 heterocycles. The van der Waals surface area contributed by atoms with Gasteiger partial charge in [-0.25, -0.2) is 0 Å². The maximum absolute atomic E-state index is 12.3. The first kappa shape index (κ1) is 17.4. The Morgan fingerprint density at radius 1 is 1.15 bits per heavy atom. The monoisotopic (exact) mass is 349 g/mol. The van der Waals surface area contributed by atoms with Gasteiger partial charge in [-0.1, -0.05) is 24.3 Å². The third-order valence-electron chi connectivity index (χ3n) is 4.16. The van der Waals surface area contributed by atoms with E-state index in [1.165, 1.54) is 0 Å². The van der Waals surface area contributed by atoms with Gasteiger partial charge in [0.25, 0.3) is 0 Å². The zero-order valence-electron chi connectivity index (χ0n) is 14.7. The van der Waals surface area contributed by atoms with Crippen molar-refractivity contribution in [3.63, 3.8) is 0 Å². The minimum absolute atomic E-state index is 0.134. The van der Waals surface area contributed by atoms with Crippen molar-refractivity contribution in [2.45, 2.75) is 13.1 Å². The van der Waals surface area contributed by atoms with Crippen molar-refractivity contribution in [2.75, 3.05) is 14.2 Å². The lowest BCUT2D eigenvalue weighted by molar-refractivity contribution is -0.121. The van der Waals surface area contributed by atoms with Gasteiger partial charge in [-0.3, -0.25) is 4.79 Å². The Bertz CT molecular complexity index is 986. The summed E-state index contributed by atoms with van der Waals surface area (Å²) in [4.78, 5) is 12.3. The van der Waals surface area contributed by atoms with E-state index in [4.69, 9.17) is 9.47 Å². The molecule has 3 rings (SSSR count). The highest BCUT2D eigenvalue weighted by molar-refractivity contribution is 5.88. The number of rotatable bonds is 6. The van der Waals surface area contributed by atoms with Gasteiger partial charge < -0.3 is 19.4 Å². The molecule has 1 amide bonds. The maximum Gasteiger partial charge on any atom is 0.240 e. The number of aromatic nitrogens is 1. The molecule has 132 valence electrons. The minimum atomic E-state index is -0.134. The Balaban J connectivity index is 1.70. The number of nitrogens with zero attached hydrogens (tertiary/aromatic N) is 2. The molecule has 0 unspecified atom stereocenters. The third-order valence-corrected chi connectivity index (χ3v) is 4.16. The fraction of sp³-hybridized carbons (Fsp3) is 0.200. The van der Waals surface area contributed by atoms with E-state index in [0.717, 1.165) is 16.5 Å². The number of ether oxygens (including phenoxy) is 2. The molecule has 0 spiro atoms. The largest absolute Gasteiger partial charge is 0.493 e. The average molecular weight is 349 g/mol. The Hall–Kier alpha value is -3.46. The molecule has 0 saturated heterocycles. The number of carbonyl (C=O) groups excluding carboxylic acids is 1. The Morgan fingerprint density at radius 3 is 2.65 bits per heavy atom. The van der Waals surface area contributed by atoms with Gasteiger partial charge in [0.1, 0.15) is 12.6 Å². The Kier molecular flexibility index (Phi) is 5.09. The van der Waals surface area contributed by atoms with Crippen LogP contribution >= 0.6 is 0 Å². The van der Waals surface area contributed by atoms with Crippen molar-refractivity contribution in [1.82, 2.24) is 9.88 Å². The van der Waals surface area contributed by atoms with Crippen LogP contribution in [0.1, 0.15) is 11.1 Å². The zero-order valence-corrected chi connectivity index (χ0v) is 14.7. The number of nitrogens with one attached hydrogen (secondary N) is 1. The van der Waals surface area contributed by atoms with Crippen LogP contribution in [-0.2, 0) is 17.9 Å². The highest BCUT2D eigenvalue weighted by Gasteiger charge is 2.11. The molecule has 0 fully saturated rings. The predicted molar refractivity (Wildman–Crippen MR) is 98.0 cm³/mol. The fourth-order valence-corrected chi connectivity index (χ4v) is 2.87. The summed E-state index contributed by atoms with van der Waals surface area (Å²) in [6.45, 7) is 0.527. The fourth-order valence-electron chi connectivity index (χ4n) is 2.87. The summed E-state index contributed by atoms with van der Waals surface area (Å²) in [5, 5.41) is 13.0. The molecule has 0 aliphatic carbocycles. The van der Waals surface area contributed by atoms with Gasteiger partial charge in [0.05, 0.1) is 19.8 Å². The zero-order chi connectivity index (χ0) is 18.5. The summed E-state index contributed by atoms with van der Waals surface area (Å²) in [5.74, 6) is 1.13. The number of hydrogen-bond acceptors (Lipinski definition) is 4. The van der Waals surface area contributed by atoms with Crippen LogP contribution in [0.15, 0.2) is 48.7 Å². The topological polar surface area (TPSA) is 76.3 Å². The van der Waals surface area contributed by atoms with Crippen LogP contribution in [0.5, 0.6) is 11.5 Å². The molecule has 0 aliphatic heterocycles. The number of para-hydroxylation sites is 1. The summed E-state index contributed by atoms with van der Waals surface area (Å²) < 4.78 is 12.3. The predicted octanol–water partition coefficient (Wildman–Crippen LogP) is 2.85. The lowest BCUT2D eigenvalue weighted by atomic mass is 10.2. The smallest absolute Gasteiger partial charge is 0.240 e. The van der Waals surface area contributed by atoms with Gasteiger partial charge in [0.2, 0.25) is 5.91 Å². The molecule has 0 radical (unpaired) electrons. The second-order valence-electron chi connectivity index (χ2n) is 5.77. The molecule has 0 aliphatic rings. The molecule has 6 nitrogen and oxygen atoms in total. The molecule has 0 atom stereocenters.